The van der Waals surface area contributed by atoms with Crippen LogP contribution in [0.5, 0.6) is 0 Å². The number of hydrogen-bond acceptors (Lipinski definition) is 2. The first kappa shape index (κ1) is 15.5. The molecule has 2 fully saturated rings. The number of rotatable bonds is 2. The van der Waals surface area contributed by atoms with Crippen molar-refractivity contribution in [3.05, 3.63) is 35.9 Å². The fraction of sp³-hybridized carbons (Fsp3) is 0.632. The molecule has 0 unspecified atom stereocenters. The Morgan fingerprint density at radius 2 is 1.59 bits per heavy atom. The van der Waals surface area contributed by atoms with Gasteiger partial charge in [-0.3, -0.25) is 9.69 Å². The van der Waals surface area contributed by atoms with Crippen molar-refractivity contribution in [2.24, 2.45) is 11.8 Å². The summed E-state index contributed by atoms with van der Waals surface area (Å²) < 4.78 is 0. The Kier molecular flexibility index (Phi) is 4.82. The zero-order chi connectivity index (χ0) is 15.5. The lowest BCUT2D eigenvalue weighted by Gasteiger charge is -2.43. The van der Waals surface area contributed by atoms with E-state index in [9.17, 15) is 4.79 Å². The molecule has 0 aromatic heterocycles. The minimum absolute atomic E-state index is 0.194. The fourth-order valence-electron chi connectivity index (χ4n) is 4.21. The van der Waals surface area contributed by atoms with Crippen molar-refractivity contribution in [2.75, 3.05) is 26.2 Å². The van der Waals surface area contributed by atoms with Crippen molar-refractivity contribution in [1.82, 2.24) is 9.80 Å². The van der Waals surface area contributed by atoms with Crippen molar-refractivity contribution in [3.63, 3.8) is 0 Å². The molecule has 1 aromatic carbocycles. The molecule has 0 radical (unpaired) electrons. The summed E-state index contributed by atoms with van der Waals surface area (Å²) in [5, 5.41) is 0. The standard InChI is InChI=1S/C19H28N2O/c1-15-12-16(2)14-21(13-15)18-8-10-20(11-9-18)19(22)17-6-4-3-5-7-17/h3-7,15-16,18H,8-14H2,1-2H3/t15-,16+. The van der Waals surface area contributed by atoms with Crippen molar-refractivity contribution in [1.29, 1.82) is 0 Å². The molecule has 2 heterocycles. The second-order valence-corrected chi connectivity index (χ2v) is 7.29. The van der Waals surface area contributed by atoms with Crippen LogP contribution in [0.25, 0.3) is 0 Å². The van der Waals surface area contributed by atoms with Gasteiger partial charge in [0.25, 0.3) is 5.91 Å². The molecular weight excluding hydrogens is 272 g/mol. The minimum atomic E-state index is 0.194. The van der Waals surface area contributed by atoms with E-state index < -0.39 is 0 Å². The van der Waals surface area contributed by atoms with Crippen LogP contribution >= 0.6 is 0 Å². The number of amides is 1. The van der Waals surface area contributed by atoms with Crippen molar-refractivity contribution in [3.8, 4) is 0 Å². The minimum Gasteiger partial charge on any atom is -0.339 e. The second-order valence-electron chi connectivity index (χ2n) is 7.29. The van der Waals surface area contributed by atoms with Gasteiger partial charge in [-0.15, -0.1) is 0 Å². The highest BCUT2D eigenvalue weighted by molar-refractivity contribution is 5.94. The van der Waals surface area contributed by atoms with Crippen LogP contribution in [0.4, 0.5) is 0 Å². The summed E-state index contributed by atoms with van der Waals surface area (Å²) in [6.07, 6.45) is 3.61. The Hall–Kier alpha value is -1.35. The Morgan fingerprint density at radius 1 is 1.00 bits per heavy atom. The van der Waals surface area contributed by atoms with E-state index in [1.165, 1.54) is 19.5 Å². The van der Waals surface area contributed by atoms with Crippen LogP contribution in [-0.4, -0.2) is 47.9 Å². The van der Waals surface area contributed by atoms with E-state index in [1.807, 2.05) is 35.2 Å². The van der Waals surface area contributed by atoms with Gasteiger partial charge in [-0.05, 0) is 43.2 Å². The first-order chi connectivity index (χ1) is 10.6. The molecule has 3 heteroatoms. The summed E-state index contributed by atoms with van der Waals surface area (Å²) in [5.74, 6) is 1.82. The molecule has 22 heavy (non-hydrogen) atoms. The number of benzene rings is 1. The van der Waals surface area contributed by atoms with Gasteiger partial charge in [-0.1, -0.05) is 32.0 Å². The molecule has 1 aromatic rings. The molecule has 2 aliphatic heterocycles. The summed E-state index contributed by atoms with van der Waals surface area (Å²) in [7, 11) is 0. The van der Waals surface area contributed by atoms with E-state index in [4.69, 9.17) is 0 Å². The highest BCUT2D eigenvalue weighted by Crippen LogP contribution is 2.26. The van der Waals surface area contributed by atoms with Gasteiger partial charge in [0.2, 0.25) is 0 Å². The number of hydrogen-bond donors (Lipinski definition) is 0. The highest BCUT2D eigenvalue weighted by atomic mass is 16.2. The lowest BCUT2D eigenvalue weighted by Crippen LogP contribution is -2.50. The summed E-state index contributed by atoms with van der Waals surface area (Å²) in [6.45, 7) is 9.02. The summed E-state index contributed by atoms with van der Waals surface area (Å²) >= 11 is 0. The van der Waals surface area contributed by atoms with Crippen LogP contribution in [-0.2, 0) is 0 Å². The summed E-state index contributed by atoms with van der Waals surface area (Å²) in [4.78, 5) is 17.2. The van der Waals surface area contributed by atoms with Gasteiger partial charge in [0.05, 0.1) is 0 Å². The van der Waals surface area contributed by atoms with Gasteiger partial charge < -0.3 is 4.90 Å². The van der Waals surface area contributed by atoms with E-state index in [1.54, 1.807) is 0 Å². The van der Waals surface area contributed by atoms with E-state index in [2.05, 4.69) is 18.7 Å². The maximum absolute atomic E-state index is 12.5. The monoisotopic (exact) mass is 300 g/mol. The highest BCUT2D eigenvalue weighted by Gasteiger charge is 2.31. The Balaban J connectivity index is 1.55. The molecule has 0 spiro atoms. The van der Waals surface area contributed by atoms with Crippen LogP contribution in [0.3, 0.4) is 0 Å². The topological polar surface area (TPSA) is 23.6 Å². The molecule has 3 rings (SSSR count). The normalized spacial score (nSPS) is 27.8. The number of likely N-dealkylation sites (tertiary alicyclic amines) is 2. The van der Waals surface area contributed by atoms with Gasteiger partial charge in [0, 0.05) is 37.8 Å². The third kappa shape index (κ3) is 3.52. The Labute approximate surface area is 134 Å². The van der Waals surface area contributed by atoms with Gasteiger partial charge in [-0.25, -0.2) is 0 Å². The number of piperidine rings is 2. The molecular formula is C19H28N2O. The molecule has 3 nitrogen and oxygen atoms in total. The molecule has 2 aliphatic rings. The summed E-state index contributed by atoms with van der Waals surface area (Å²) in [5.41, 5.74) is 0.821. The average molecular weight is 300 g/mol. The molecule has 0 saturated carbocycles. The van der Waals surface area contributed by atoms with Crippen LogP contribution in [0.2, 0.25) is 0 Å². The van der Waals surface area contributed by atoms with Crippen LogP contribution < -0.4 is 0 Å². The molecule has 0 N–H and O–H groups in total. The quantitative estimate of drug-likeness (QED) is 0.837. The smallest absolute Gasteiger partial charge is 0.253 e. The van der Waals surface area contributed by atoms with Crippen LogP contribution in [0.1, 0.15) is 43.5 Å². The molecule has 1 amide bonds. The van der Waals surface area contributed by atoms with Gasteiger partial charge >= 0.3 is 0 Å². The number of nitrogens with zero attached hydrogens (tertiary/aromatic N) is 2. The molecule has 2 saturated heterocycles. The van der Waals surface area contributed by atoms with Crippen molar-refractivity contribution in [2.45, 2.75) is 39.2 Å². The molecule has 120 valence electrons. The van der Waals surface area contributed by atoms with Gasteiger partial charge in [-0.2, -0.15) is 0 Å². The van der Waals surface area contributed by atoms with Gasteiger partial charge in [0.15, 0.2) is 0 Å². The Morgan fingerprint density at radius 3 is 2.18 bits per heavy atom. The third-order valence-electron chi connectivity index (χ3n) is 5.19. The number of carbonyl (C=O) groups excluding carboxylic acids is 1. The fourth-order valence-corrected chi connectivity index (χ4v) is 4.21. The zero-order valence-corrected chi connectivity index (χ0v) is 13.9. The largest absolute Gasteiger partial charge is 0.339 e. The lowest BCUT2D eigenvalue weighted by atomic mass is 9.89. The molecule has 0 aliphatic carbocycles. The molecule has 2 atom stereocenters. The first-order valence-electron chi connectivity index (χ1n) is 8.72. The van der Waals surface area contributed by atoms with Crippen molar-refractivity contribution < 1.29 is 4.79 Å². The summed E-state index contributed by atoms with van der Waals surface area (Å²) in [6, 6.07) is 10.4. The predicted molar refractivity (Wildman–Crippen MR) is 89.9 cm³/mol. The van der Waals surface area contributed by atoms with Crippen molar-refractivity contribution >= 4 is 5.91 Å². The van der Waals surface area contributed by atoms with Gasteiger partial charge in [0.1, 0.15) is 0 Å². The van der Waals surface area contributed by atoms with E-state index >= 15 is 0 Å². The third-order valence-corrected chi connectivity index (χ3v) is 5.19. The maximum Gasteiger partial charge on any atom is 0.253 e. The number of carbonyl (C=O) groups is 1. The van der Waals surface area contributed by atoms with Crippen LogP contribution in [0.15, 0.2) is 30.3 Å². The SMILES string of the molecule is C[C@@H]1C[C@H](C)CN(C2CCN(C(=O)c3ccccc3)CC2)C1. The predicted octanol–water partition coefficient (Wildman–Crippen LogP) is 3.27. The Bertz CT molecular complexity index is 483. The lowest BCUT2D eigenvalue weighted by molar-refractivity contribution is 0.0450. The van der Waals surface area contributed by atoms with E-state index in [-0.39, 0.29) is 5.91 Å². The van der Waals surface area contributed by atoms with E-state index in [0.717, 1.165) is 43.3 Å². The average Bonchev–Trinajstić information content (AvgIpc) is 2.54. The van der Waals surface area contributed by atoms with E-state index in [0.29, 0.717) is 6.04 Å². The first-order valence-corrected chi connectivity index (χ1v) is 8.72. The zero-order valence-electron chi connectivity index (χ0n) is 13.9. The maximum atomic E-state index is 12.5. The second kappa shape index (κ2) is 6.82. The molecule has 0 bridgehead atoms. The van der Waals surface area contributed by atoms with Crippen LogP contribution in [0, 0.1) is 11.8 Å².